The van der Waals surface area contributed by atoms with E-state index in [1.54, 1.807) is 12.5 Å². The van der Waals surface area contributed by atoms with Gasteiger partial charge in [-0.3, -0.25) is 5.32 Å². The molecule has 0 bridgehead atoms. The molecule has 9 heavy (non-hydrogen) atoms. The Labute approximate surface area is 53.5 Å². The van der Waals surface area contributed by atoms with Crippen molar-refractivity contribution in [2.24, 2.45) is 0 Å². The van der Waals surface area contributed by atoms with E-state index in [-0.39, 0.29) is 0 Å². The minimum absolute atomic E-state index is 0.672. The Morgan fingerprint density at radius 1 is 1.44 bits per heavy atom. The van der Waals surface area contributed by atoms with Gasteiger partial charge in [-0.1, -0.05) is 0 Å². The number of hydrogen-bond acceptors (Lipinski definition) is 1. The Kier molecular flexibility index (Phi) is 0.859. The summed E-state index contributed by atoms with van der Waals surface area (Å²) in [5, 5.41) is 4.09. The van der Waals surface area contributed by atoms with E-state index >= 15 is 0 Å². The second kappa shape index (κ2) is 1.65. The first-order valence-electron chi connectivity index (χ1n) is 2.85. The van der Waals surface area contributed by atoms with Crippen molar-refractivity contribution in [3.63, 3.8) is 0 Å². The van der Waals surface area contributed by atoms with Crippen LogP contribution in [0.25, 0.3) is 0 Å². The van der Waals surface area contributed by atoms with Crippen LogP contribution < -0.4 is 5.32 Å². The van der Waals surface area contributed by atoms with Gasteiger partial charge in [0.25, 0.3) is 0 Å². The van der Waals surface area contributed by atoms with Crippen LogP contribution in [0.2, 0.25) is 0 Å². The lowest BCUT2D eigenvalue weighted by molar-refractivity contribution is 0.277. The second-order valence-electron chi connectivity index (χ2n) is 1.97. The van der Waals surface area contributed by atoms with Crippen LogP contribution in [0.15, 0.2) is 35.9 Å². The monoisotopic (exact) mass is 120 g/mol. The Morgan fingerprint density at radius 2 is 2.44 bits per heavy atom. The zero-order valence-corrected chi connectivity index (χ0v) is 4.87. The third-order valence-electron chi connectivity index (χ3n) is 1.38. The summed E-state index contributed by atoms with van der Waals surface area (Å²) in [6.07, 6.45) is 7.32. The highest BCUT2D eigenvalue weighted by Gasteiger charge is 2.10. The SMILES string of the molecule is C1=CC2=C(C=COC2)[N]1. The summed E-state index contributed by atoms with van der Waals surface area (Å²) >= 11 is 0. The smallest absolute Gasteiger partial charge is 0.115 e. The molecule has 2 heterocycles. The van der Waals surface area contributed by atoms with Crippen molar-refractivity contribution >= 4 is 0 Å². The number of allylic oxidation sites excluding steroid dienone is 1. The minimum Gasteiger partial charge on any atom is -0.496 e. The fourth-order valence-electron chi connectivity index (χ4n) is 0.898. The molecule has 0 aromatic rings. The summed E-state index contributed by atoms with van der Waals surface area (Å²) in [4.78, 5) is 0. The van der Waals surface area contributed by atoms with Gasteiger partial charge in [0.15, 0.2) is 0 Å². The fourth-order valence-corrected chi connectivity index (χ4v) is 0.898. The van der Waals surface area contributed by atoms with E-state index in [4.69, 9.17) is 4.74 Å². The quantitative estimate of drug-likeness (QED) is 0.466. The van der Waals surface area contributed by atoms with Gasteiger partial charge in [0.2, 0.25) is 0 Å². The van der Waals surface area contributed by atoms with E-state index < -0.39 is 0 Å². The molecule has 0 unspecified atom stereocenters. The van der Waals surface area contributed by atoms with Gasteiger partial charge >= 0.3 is 0 Å². The first-order valence-corrected chi connectivity index (χ1v) is 2.85. The molecule has 1 radical (unpaired) electrons. The van der Waals surface area contributed by atoms with E-state index in [2.05, 4.69) is 5.32 Å². The van der Waals surface area contributed by atoms with Crippen LogP contribution >= 0.6 is 0 Å². The van der Waals surface area contributed by atoms with Crippen LogP contribution in [-0.2, 0) is 4.74 Å². The van der Waals surface area contributed by atoms with E-state index in [1.807, 2.05) is 12.2 Å². The van der Waals surface area contributed by atoms with Gasteiger partial charge in [-0.25, -0.2) is 0 Å². The van der Waals surface area contributed by atoms with Gasteiger partial charge in [0.05, 0.1) is 12.0 Å². The molecule has 0 aromatic carbocycles. The van der Waals surface area contributed by atoms with Crippen LogP contribution in [-0.4, -0.2) is 6.61 Å². The van der Waals surface area contributed by atoms with E-state index in [0.717, 1.165) is 5.70 Å². The molecule has 2 heteroatoms. The van der Waals surface area contributed by atoms with Crippen molar-refractivity contribution < 1.29 is 4.74 Å². The molecule has 0 aromatic heterocycles. The van der Waals surface area contributed by atoms with Crippen LogP contribution in [0.5, 0.6) is 0 Å². The van der Waals surface area contributed by atoms with Crippen LogP contribution in [0.1, 0.15) is 0 Å². The summed E-state index contributed by atoms with van der Waals surface area (Å²) in [6, 6.07) is 0. The van der Waals surface area contributed by atoms with Gasteiger partial charge in [-0.05, 0) is 12.2 Å². The molecule has 0 amide bonds. The molecule has 0 saturated carbocycles. The summed E-state index contributed by atoms with van der Waals surface area (Å²) in [5.41, 5.74) is 2.22. The van der Waals surface area contributed by atoms with Crippen molar-refractivity contribution in [3.05, 3.63) is 35.9 Å². The van der Waals surface area contributed by atoms with E-state index in [1.165, 1.54) is 5.57 Å². The first-order chi connectivity index (χ1) is 4.47. The van der Waals surface area contributed by atoms with E-state index in [9.17, 15) is 0 Å². The summed E-state index contributed by atoms with van der Waals surface area (Å²) in [5.74, 6) is 0. The predicted molar refractivity (Wildman–Crippen MR) is 33.4 cm³/mol. The van der Waals surface area contributed by atoms with E-state index in [0.29, 0.717) is 6.61 Å². The Bertz CT molecular complexity index is 213. The zero-order chi connectivity index (χ0) is 6.10. The third-order valence-corrected chi connectivity index (χ3v) is 1.38. The second-order valence-corrected chi connectivity index (χ2v) is 1.97. The highest BCUT2D eigenvalue weighted by Crippen LogP contribution is 2.16. The maximum absolute atomic E-state index is 5.03. The molecule has 0 spiro atoms. The summed E-state index contributed by atoms with van der Waals surface area (Å²) < 4.78 is 5.03. The fraction of sp³-hybridized carbons (Fsp3) is 0.143. The van der Waals surface area contributed by atoms with Crippen molar-refractivity contribution in [1.82, 2.24) is 5.32 Å². The maximum Gasteiger partial charge on any atom is 0.115 e. The molecule has 2 nitrogen and oxygen atoms in total. The van der Waals surface area contributed by atoms with Crippen LogP contribution in [0.4, 0.5) is 0 Å². The minimum atomic E-state index is 0.672. The molecule has 2 aliphatic rings. The lowest BCUT2D eigenvalue weighted by Gasteiger charge is -2.06. The van der Waals surface area contributed by atoms with Gasteiger partial charge in [-0.2, -0.15) is 0 Å². The molecule has 2 aliphatic heterocycles. The van der Waals surface area contributed by atoms with Gasteiger partial charge < -0.3 is 4.74 Å². The predicted octanol–water partition coefficient (Wildman–Crippen LogP) is 0.916. The average Bonchev–Trinajstić information content (AvgIpc) is 2.33. The molecule has 0 aliphatic carbocycles. The van der Waals surface area contributed by atoms with Gasteiger partial charge in [0.1, 0.15) is 6.61 Å². The number of hydrogen-bond donors (Lipinski definition) is 0. The van der Waals surface area contributed by atoms with Gasteiger partial charge in [-0.15, -0.1) is 0 Å². The molecule has 45 valence electrons. The first kappa shape index (κ1) is 4.68. The van der Waals surface area contributed by atoms with Crippen molar-refractivity contribution in [1.29, 1.82) is 0 Å². The van der Waals surface area contributed by atoms with Crippen LogP contribution in [0, 0.1) is 0 Å². The topological polar surface area (TPSA) is 23.3 Å². The molecule has 0 saturated heterocycles. The lowest BCUT2D eigenvalue weighted by Crippen LogP contribution is -2.00. The largest absolute Gasteiger partial charge is 0.496 e. The molecular weight excluding hydrogens is 114 g/mol. The normalized spacial score (nSPS) is 21.3. The van der Waals surface area contributed by atoms with Crippen molar-refractivity contribution in [2.75, 3.05) is 6.61 Å². The highest BCUT2D eigenvalue weighted by molar-refractivity contribution is 5.39. The number of ether oxygens (including phenoxy) is 1. The summed E-state index contributed by atoms with van der Waals surface area (Å²) in [7, 11) is 0. The Hall–Kier alpha value is -1.18. The standard InChI is InChI=1S/C7H6NO/c1-3-8-7-2-4-9-5-6(1)7/h1-4H,5H2. The summed E-state index contributed by atoms with van der Waals surface area (Å²) in [6.45, 7) is 0.672. The maximum atomic E-state index is 5.03. The van der Waals surface area contributed by atoms with Gasteiger partial charge in [0, 0.05) is 11.8 Å². The number of rotatable bonds is 0. The molecule has 2 rings (SSSR count). The Morgan fingerprint density at radius 3 is 3.33 bits per heavy atom. The average molecular weight is 120 g/mol. The van der Waals surface area contributed by atoms with Crippen LogP contribution in [0.3, 0.4) is 0 Å². The lowest BCUT2D eigenvalue weighted by atomic mass is 10.2. The molecule has 0 atom stereocenters. The molecule has 0 N–H and O–H groups in total. The Balaban J connectivity index is 2.35. The molecule has 0 fully saturated rings. The molecular formula is C7H6NO. The zero-order valence-electron chi connectivity index (χ0n) is 4.87. The highest BCUT2D eigenvalue weighted by atomic mass is 16.5. The van der Waals surface area contributed by atoms with Crippen molar-refractivity contribution in [3.8, 4) is 0 Å². The number of nitrogens with zero attached hydrogens (tertiary/aromatic N) is 1. The third kappa shape index (κ3) is 0.633. The van der Waals surface area contributed by atoms with Crippen molar-refractivity contribution in [2.45, 2.75) is 0 Å².